The Labute approximate surface area is 107 Å². The lowest BCUT2D eigenvalue weighted by Gasteiger charge is -2.30. The second kappa shape index (κ2) is 4.12. The van der Waals surface area contributed by atoms with Crippen molar-refractivity contribution in [2.45, 2.75) is 26.8 Å². The molecule has 1 atom stereocenters. The summed E-state index contributed by atoms with van der Waals surface area (Å²) < 4.78 is 0. The maximum atomic E-state index is 12.4. The molecule has 0 aliphatic carbocycles. The quantitative estimate of drug-likeness (QED) is 0.759. The number of nitrogens with one attached hydrogen (secondary N) is 1. The molecule has 1 aliphatic heterocycles. The predicted molar refractivity (Wildman–Crippen MR) is 70.6 cm³/mol. The molecule has 4 heteroatoms. The van der Waals surface area contributed by atoms with Gasteiger partial charge < -0.3 is 10.2 Å². The minimum Gasteiger partial charge on any atom is -0.340 e. The van der Waals surface area contributed by atoms with E-state index in [-0.39, 0.29) is 17.2 Å². The maximum Gasteiger partial charge on any atom is 0.254 e. The lowest BCUT2D eigenvalue weighted by Crippen LogP contribution is -2.51. The summed E-state index contributed by atoms with van der Waals surface area (Å²) in [5, 5.41) is 2.83. The van der Waals surface area contributed by atoms with E-state index < -0.39 is 6.04 Å². The Kier molecular flexibility index (Phi) is 2.89. The fourth-order valence-corrected chi connectivity index (χ4v) is 2.13. The van der Waals surface area contributed by atoms with Crippen molar-refractivity contribution in [3.05, 3.63) is 29.8 Å². The summed E-state index contributed by atoms with van der Waals surface area (Å²) in [7, 11) is 1.71. The lowest BCUT2D eigenvalue weighted by molar-refractivity contribution is -0.122. The Morgan fingerprint density at radius 2 is 1.78 bits per heavy atom. The van der Waals surface area contributed by atoms with E-state index in [1.807, 2.05) is 26.8 Å². The van der Waals surface area contributed by atoms with Gasteiger partial charge in [-0.15, -0.1) is 0 Å². The van der Waals surface area contributed by atoms with E-state index in [1.165, 1.54) is 0 Å². The van der Waals surface area contributed by atoms with Crippen molar-refractivity contribution in [1.29, 1.82) is 0 Å². The van der Waals surface area contributed by atoms with Gasteiger partial charge in [0.05, 0.1) is 11.3 Å². The average Bonchev–Trinajstić information content (AvgIpc) is 2.40. The highest BCUT2D eigenvalue weighted by atomic mass is 16.2. The summed E-state index contributed by atoms with van der Waals surface area (Å²) >= 11 is 0. The van der Waals surface area contributed by atoms with Crippen LogP contribution in [0.1, 0.15) is 31.1 Å². The lowest BCUT2D eigenvalue weighted by atomic mass is 9.86. The molecule has 0 aromatic heterocycles. The van der Waals surface area contributed by atoms with E-state index in [0.29, 0.717) is 11.3 Å². The Morgan fingerprint density at radius 3 is 2.39 bits per heavy atom. The van der Waals surface area contributed by atoms with Crippen LogP contribution in [0.2, 0.25) is 0 Å². The number of benzene rings is 1. The molecule has 0 saturated carbocycles. The van der Waals surface area contributed by atoms with E-state index in [4.69, 9.17) is 0 Å². The van der Waals surface area contributed by atoms with Crippen LogP contribution in [-0.4, -0.2) is 24.9 Å². The smallest absolute Gasteiger partial charge is 0.254 e. The van der Waals surface area contributed by atoms with Gasteiger partial charge in [0, 0.05) is 7.05 Å². The molecular weight excluding hydrogens is 228 g/mol. The SMILES string of the molecule is CN1C(=O)C(C(C)(C)C)NC(=O)c2ccccc21. The molecule has 1 N–H and O–H groups in total. The molecule has 4 nitrogen and oxygen atoms in total. The average molecular weight is 246 g/mol. The summed E-state index contributed by atoms with van der Waals surface area (Å²) in [4.78, 5) is 26.1. The minimum atomic E-state index is -0.512. The molecule has 2 rings (SSSR count). The first-order valence-corrected chi connectivity index (χ1v) is 6.00. The van der Waals surface area contributed by atoms with Crippen LogP contribution in [-0.2, 0) is 4.79 Å². The molecule has 18 heavy (non-hydrogen) atoms. The van der Waals surface area contributed by atoms with Crippen molar-refractivity contribution in [3.63, 3.8) is 0 Å². The largest absolute Gasteiger partial charge is 0.340 e. The summed E-state index contributed by atoms with van der Waals surface area (Å²) in [5.74, 6) is -0.274. The van der Waals surface area contributed by atoms with Crippen LogP contribution in [0.4, 0.5) is 5.69 Å². The first-order chi connectivity index (χ1) is 8.32. The fraction of sp³-hybridized carbons (Fsp3) is 0.429. The van der Waals surface area contributed by atoms with Gasteiger partial charge in [-0.05, 0) is 17.5 Å². The van der Waals surface area contributed by atoms with E-state index in [9.17, 15) is 9.59 Å². The Hall–Kier alpha value is -1.84. The number of para-hydroxylation sites is 1. The number of hydrogen-bond donors (Lipinski definition) is 1. The van der Waals surface area contributed by atoms with Gasteiger partial charge in [0.25, 0.3) is 5.91 Å². The van der Waals surface area contributed by atoms with Crippen molar-refractivity contribution in [2.75, 3.05) is 11.9 Å². The number of fused-ring (bicyclic) bond motifs is 1. The monoisotopic (exact) mass is 246 g/mol. The van der Waals surface area contributed by atoms with Crippen LogP contribution < -0.4 is 10.2 Å². The van der Waals surface area contributed by atoms with Gasteiger partial charge in [-0.3, -0.25) is 9.59 Å². The van der Waals surface area contributed by atoms with Crippen molar-refractivity contribution in [1.82, 2.24) is 5.32 Å². The standard InChI is InChI=1S/C14H18N2O2/c1-14(2,3)11-13(18)16(4)10-8-6-5-7-9(10)12(17)15-11/h5-8,11H,1-4H3,(H,15,17). The van der Waals surface area contributed by atoms with Crippen molar-refractivity contribution in [3.8, 4) is 0 Å². The molecule has 1 heterocycles. The Bertz CT molecular complexity index is 503. The molecule has 0 saturated heterocycles. The second-order valence-corrected chi connectivity index (χ2v) is 5.69. The van der Waals surface area contributed by atoms with Crippen LogP contribution >= 0.6 is 0 Å². The third kappa shape index (κ3) is 1.98. The van der Waals surface area contributed by atoms with Gasteiger partial charge in [0.15, 0.2) is 0 Å². The molecule has 1 aromatic carbocycles. The second-order valence-electron chi connectivity index (χ2n) is 5.69. The number of hydrogen-bond acceptors (Lipinski definition) is 2. The highest BCUT2D eigenvalue weighted by molar-refractivity contribution is 6.10. The van der Waals surface area contributed by atoms with E-state index >= 15 is 0 Å². The number of rotatable bonds is 0. The maximum absolute atomic E-state index is 12.4. The van der Waals surface area contributed by atoms with E-state index in [1.54, 1.807) is 30.1 Å². The number of likely N-dealkylation sites (N-methyl/N-ethyl adjacent to an activating group) is 1. The third-order valence-electron chi connectivity index (χ3n) is 3.23. The molecule has 96 valence electrons. The summed E-state index contributed by atoms with van der Waals surface area (Å²) in [6.07, 6.45) is 0. The summed E-state index contributed by atoms with van der Waals surface area (Å²) in [5.41, 5.74) is 0.884. The minimum absolute atomic E-state index is 0.0826. The molecule has 1 aromatic rings. The van der Waals surface area contributed by atoms with Crippen molar-refractivity contribution < 1.29 is 9.59 Å². The molecule has 0 radical (unpaired) electrons. The zero-order valence-corrected chi connectivity index (χ0v) is 11.2. The number of anilines is 1. The molecular formula is C14H18N2O2. The summed E-state index contributed by atoms with van der Waals surface area (Å²) in [6, 6.07) is 6.64. The van der Waals surface area contributed by atoms with E-state index in [0.717, 1.165) is 0 Å². The number of nitrogens with zero attached hydrogens (tertiary/aromatic N) is 1. The predicted octanol–water partition coefficient (Wildman–Crippen LogP) is 1.81. The third-order valence-corrected chi connectivity index (χ3v) is 3.23. The number of carbonyl (C=O) groups excluding carboxylic acids is 2. The van der Waals surface area contributed by atoms with Gasteiger partial charge in [-0.1, -0.05) is 32.9 Å². The van der Waals surface area contributed by atoms with Crippen LogP contribution in [0.3, 0.4) is 0 Å². The first kappa shape index (κ1) is 12.6. The zero-order valence-electron chi connectivity index (χ0n) is 11.2. The normalized spacial score (nSPS) is 20.2. The zero-order chi connectivity index (χ0) is 13.5. The highest BCUT2D eigenvalue weighted by Crippen LogP contribution is 2.28. The van der Waals surface area contributed by atoms with Gasteiger partial charge in [0.2, 0.25) is 5.91 Å². The van der Waals surface area contributed by atoms with E-state index in [2.05, 4.69) is 5.32 Å². The number of carbonyl (C=O) groups is 2. The van der Waals surface area contributed by atoms with Crippen LogP contribution in [0.25, 0.3) is 0 Å². The number of amides is 2. The topological polar surface area (TPSA) is 49.4 Å². The highest BCUT2D eigenvalue weighted by Gasteiger charge is 2.38. The molecule has 0 bridgehead atoms. The summed E-state index contributed by atoms with van der Waals surface area (Å²) in [6.45, 7) is 5.83. The van der Waals surface area contributed by atoms with Crippen LogP contribution in [0.15, 0.2) is 24.3 Å². The van der Waals surface area contributed by atoms with Crippen LogP contribution in [0, 0.1) is 5.41 Å². The molecule has 0 fully saturated rings. The van der Waals surface area contributed by atoms with Gasteiger partial charge in [0.1, 0.15) is 6.04 Å². The molecule has 0 spiro atoms. The first-order valence-electron chi connectivity index (χ1n) is 6.00. The molecule has 2 amide bonds. The Balaban J connectivity index is 2.52. The van der Waals surface area contributed by atoms with Gasteiger partial charge in [-0.25, -0.2) is 0 Å². The van der Waals surface area contributed by atoms with Gasteiger partial charge in [-0.2, -0.15) is 0 Å². The molecule has 1 unspecified atom stereocenters. The van der Waals surface area contributed by atoms with Crippen molar-refractivity contribution >= 4 is 17.5 Å². The Morgan fingerprint density at radius 1 is 1.17 bits per heavy atom. The van der Waals surface area contributed by atoms with Crippen molar-refractivity contribution in [2.24, 2.45) is 5.41 Å². The van der Waals surface area contributed by atoms with Crippen LogP contribution in [0.5, 0.6) is 0 Å². The van der Waals surface area contributed by atoms with Gasteiger partial charge >= 0.3 is 0 Å². The molecule has 1 aliphatic rings. The fourth-order valence-electron chi connectivity index (χ4n) is 2.13.